The van der Waals surface area contributed by atoms with Crippen LogP contribution in [0.3, 0.4) is 0 Å². The van der Waals surface area contributed by atoms with Gasteiger partial charge in [0.15, 0.2) is 0 Å². The van der Waals surface area contributed by atoms with Crippen LogP contribution in [0.1, 0.15) is 32.1 Å². The third-order valence-corrected chi connectivity index (χ3v) is 4.33. The summed E-state index contributed by atoms with van der Waals surface area (Å²) in [4.78, 5) is 16.2. The van der Waals surface area contributed by atoms with E-state index in [1.165, 1.54) is 12.1 Å². The third kappa shape index (κ3) is 3.53. The van der Waals surface area contributed by atoms with Gasteiger partial charge in [-0.1, -0.05) is 19.3 Å². The van der Waals surface area contributed by atoms with Crippen LogP contribution in [0.5, 0.6) is 5.75 Å². The number of pyridine rings is 1. The Morgan fingerprint density at radius 3 is 2.58 bits per heavy atom. The summed E-state index contributed by atoms with van der Waals surface area (Å²) in [6.45, 7) is 0. The topological polar surface area (TPSA) is 62.2 Å². The lowest BCUT2D eigenvalue weighted by atomic mass is 9.89. The molecule has 1 amide bonds. The highest BCUT2D eigenvalue weighted by molar-refractivity contribution is 5.92. The molecule has 0 spiro atoms. The Bertz CT molecular complexity index is 759. The molecule has 4 nitrogen and oxygen atoms in total. The molecule has 2 N–H and O–H groups in total. The van der Waals surface area contributed by atoms with Gasteiger partial charge in [0.25, 0.3) is 0 Å². The van der Waals surface area contributed by atoms with Crippen LogP contribution in [0.25, 0.3) is 11.1 Å². The second kappa shape index (κ2) is 6.95. The number of nitrogens with zero attached hydrogens (tertiary/aromatic N) is 1. The normalized spacial score (nSPS) is 15.2. The highest BCUT2D eigenvalue weighted by Crippen LogP contribution is 2.33. The van der Waals surface area contributed by atoms with E-state index < -0.39 is 11.6 Å². The first kappa shape index (κ1) is 16.4. The lowest BCUT2D eigenvalue weighted by Crippen LogP contribution is -2.25. The SMILES string of the molecule is O=C(Nc1cc(-c2ccc(F)cc2O)c(F)cn1)C1CCCCC1. The Morgan fingerprint density at radius 1 is 1.12 bits per heavy atom. The van der Waals surface area contributed by atoms with Crippen LogP contribution < -0.4 is 5.32 Å². The summed E-state index contributed by atoms with van der Waals surface area (Å²) in [5.74, 6) is -1.60. The third-order valence-electron chi connectivity index (χ3n) is 4.33. The smallest absolute Gasteiger partial charge is 0.228 e. The van der Waals surface area contributed by atoms with Gasteiger partial charge in [0, 0.05) is 23.1 Å². The van der Waals surface area contributed by atoms with Crippen LogP contribution in [-0.2, 0) is 4.79 Å². The van der Waals surface area contributed by atoms with Crippen LogP contribution in [-0.4, -0.2) is 16.0 Å². The molecule has 0 atom stereocenters. The zero-order valence-corrected chi connectivity index (χ0v) is 13.1. The summed E-state index contributed by atoms with van der Waals surface area (Å²) in [7, 11) is 0. The second-order valence-electron chi connectivity index (χ2n) is 6.04. The number of phenolic OH excluding ortho intramolecular Hbond substituents is 1. The van der Waals surface area contributed by atoms with Crippen molar-refractivity contribution in [3.05, 3.63) is 42.1 Å². The van der Waals surface area contributed by atoms with Gasteiger partial charge in [-0.05, 0) is 31.0 Å². The van der Waals surface area contributed by atoms with Crippen molar-refractivity contribution in [2.24, 2.45) is 5.92 Å². The molecule has 0 bridgehead atoms. The number of hydrogen-bond acceptors (Lipinski definition) is 3. The van der Waals surface area contributed by atoms with Crippen molar-refractivity contribution in [2.45, 2.75) is 32.1 Å². The van der Waals surface area contributed by atoms with E-state index in [-0.39, 0.29) is 34.5 Å². The lowest BCUT2D eigenvalue weighted by molar-refractivity contribution is -0.120. The van der Waals surface area contributed by atoms with E-state index in [9.17, 15) is 18.7 Å². The number of amides is 1. The summed E-state index contributed by atoms with van der Waals surface area (Å²) < 4.78 is 27.1. The van der Waals surface area contributed by atoms with Gasteiger partial charge in [-0.3, -0.25) is 4.79 Å². The minimum atomic E-state index is -0.660. The molecular formula is C18H18F2N2O2. The quantitative estimate of drug-likeness (QED) is 0.883. The Kier molecular flexibility index (Phi) is 4.74. The number of carbonyl (C=O) groups is 1. The predicted molar refractivity (Wildman–Crippen MR) is 86.5 cm³/mol. The van der Waals surface area contributed by atoms with E-state index in [1.807, 2.05) is 0 Å². The van der Waals surface area contributed by atoms with Gasteiger partial charge in [0.05, 0.1) is 6.20 Å². The van der Waals surface area contributed by atoms with E-state index in [2.05, 4.69) is 10.3 Å². The zero-order valence-electron chi connectivity index (χ0n) is 13.1. The lowest BCUT2D eigenvalue weighted by Gasteiger charge is -2.20. The van der Waals surface area contributed by atoms with Gasteiger partial charge < -0.3 is 10.4 Å². The maximum Gasteiger partial charge on any atom is 0.228 e. The number of carbonyl (C=O) groups excluding carboxylic acids is 1. The molecule has 0 aliphatic heterocycles. The Labute approximate surface area is 138 Å². The van der Waals surface area contributed by atoms with Crippen LogP contribution in [0.15, 0.2) is 30.5 Å². The van der Waals surface area contributed by atoms with E-state index >= 15 is 0 Å². The van der Waals surface area contributed by atoms with Crippen LogP contribution in [0.4, 0.5) is 14.6 Å². The summed E-state index contributed by atoms with van der Waals surface area (Å²) in [5, 5.41) is 12.5. The number of anilines is 1. The minimum absolute atomic E-state index is 0.0479. The molecule has 1 heterocycles. The number of aromatic hydroxyl groups is 1. The first-order valence-corrected chi connectivity index (χ1v) is 8.00. The van der Waals surface area contributed by atoms with Gasteiger partial charge >= 0.3 is 0 Å². The van der Waals surface area contributed by atoms with Crippen molar-refractivity contribution in [3.63, 3.8) is 0 Å². The number of rotatable bonds is 3. The molecule has 1 fully saturated rings. The van der Waals surface area contributed by atoms with Gasteiger partial charge in [-0.15, -0.1) is 0 Å². The molecule has 24 heavy (non-hydrogen) atoms. The molecule has 1 saturated carbocycles. The van der Waals surface area contributed by atoms with Gasteiger partial charge in [0.1, 0.15) is 23.2 Å². The Balaban J connectivity index is 1.84. The molecule has 1 aromatic heterocycles. The first-order chi connectivity index (χ1) is 11.5. The fourth-order valence-electron chi connectivity index (χ4n) is 3.04. The summed E-state index contributed by atoms with van der Waals surface area (Å²) in [6, 6.07) is 4.68. The molecule has 0 unspecified atom stereocenters. The van der Waals surface area contributed by atoms with Crippen LogP contribution in [0.2, 0.25) is 0 Å². The molecule has 0 saturated heterocycles. The largest absolute Gasteiger partial charge is 0.507 e. The fourth-order valence-corrected chi connectivity index (χ4v) is 3.04. The monoisotopic (exact) mass is 332 g/mol. The molecule has 1 aliphatic carbocycles. The van der Waals surface area contributed by atoms with Crippen molar-refractivity contribution in [1.82, 2.24) is 4.98 Å². The highest BCUT2D eigenvalue weighted by atomic mass is 19.1. The molecule has 3 rings (SSSR count). The number of halogens is 2. The van der Waals surface area contributed by atoms with Crippen LogP contribution in [0, 0.1) is 17.6 Å². The molecule has 0 radical (unpaired) electrons. The Morgan fingerprint density at radius 2 is 1.88 bits per heavy atom. The average molecular weight is 332 g/mol. The molecule has 1 aromatic carbocycles. The predicted octanol–water partition coefficient (Wildman–Crippen LogP) is 4.25. The summed E-state index contributed by atoms with van der Waals surface area (Å²) in [5.41, 5.74) is 0.200. The van der Waals surface area contributed by atoms with Gasteiger partial charge in [-0.2, -0.15) is 0 Å². The van der Waals surface area contributed by atoms with Crippen molar-refractivity contribution < 1.29 is 18.7 Å². The molecule has 2 aromatic rings. The van der Waals surface area contributed by atoms with Crippen LogP contribution >= 0.6 is 0 Å². The van der Waals surface area contributed by atoms with Crippen molar-refractivity contribution in [3.8, 4) is 16.9 Å². The minimum Gasteiger partial charge on any atom is -0.507 e. The summed E-state index contributed by atoms with van der Waals surface area (Å²) in [6.07, 6.45) is 5.88. The number of phenols is 1. The number of hydrogen-bond donors (Lipinski definition) is 2. The van der Waals surface area contributed by atoms with Gasteiger partial charge in [0.2, 0.25) is 5.91 Å². The van der Waals surface area contributed by atoms with E-state index in [0.29, 0.717) is 0 Å². The van der Waals surface area contributed by atoms with E-state index in [1.54, 1.807) is 0 Å². The molecular weight excluding hydrogens is 314 g/mol. The molecule has 1 aliphatic rings. The van der Waals surface area contributed by atoms with Crippen molar-refractivity contribution in [2.75, 3.05) is 5.32 Å². The second-order valence-corrected chi connectivity index (χ2v) is 6.04. The van der Waals surface area contributed by atoms with Crippen molar-refractivity contribution in [1.29, 1.82) is 0 Å². The number of aromatic nitrogens is 1. The zero-order chi connectivity index (χ0) is 17.1. The summed E-state index contributed by atoms with van der Waals surface area (Å²) >= 11 is 0. The standard InChI is InChI=1S/C18H18F2N2O2/c19-12-6-7-13(16(23)8-12)14-9-17(21-10-15(14)20)22-18(24)11-4-2-1-3-5-11/h6-11,23H,1-5H2,(H,21,22,24). The highest BCUT2D eigenvalue weighted by Gasteiger charge is 2.22. The number of benzene rings is 1. The maximum absolute atomic E-state index is 14.0. The first-order valence-electron chi connectivity index (χ1n) is 8.00. The van der Waals surface area contributed by atoms with E-state index in [0.717, 1.165) is 50.4 Å². The van der Waals surface area contributed by atoms with E-state index in [4.69, 9.17) is 0 Å². The Hall–Kier alpha value is -2.50. The molecule has 126 valence electrons. The maximum atomic E-state index is 14.0. The molecule has 6 heteroatoms. The fraction of sp³-hybridized carbons (Fsp3) is 0.333. The average Bonchev–Trinajstić information content (AvgIpc) is 2.58. The van der Waals surface area contributed by atoms with Crippen molar-refractivity contribution >= 4 is 11.7 Å². The van der Waals surface area contributed by atoms with Gasteiger partial charge in [-0.25, -0.2) is 13.8 Å². The number of nitrogens with one attached hydrogen (secondary N) is 1.